The van der Waals surface area contributed by atoms with Crippen molar-refractivity contribution >= 4 is 41.7 Å². The van der Waals surface area contributed by atoms with Gasteiger partial charge in [0.1, 0.15) is 0 Å². The molecular formula is C16H19BrN2O4S2. The summed E-state index contributed by atoms with van der Waals surface area (Å²) in [4.78, 5) is 0.218. The third-order valence-electron chi connectivity index (χ3n) is 3.70. The quantitative estimate of drug-likeness (QED) is 0.738. The molecule has 0 saturated carbocycles. The van der Waals surface area contributed by atoms with Crippen molar-refractivity contribution in [2.75, 3.05) is 17.6 Å². The Morgan fingerprint density at radius 2 is 1.64 bits per heavy atom. The van der Waals surface area contributed by atoms with Crippen LogP contribution in [0.5, 0.6) is 0 Å². The van der Waals surface area contributed by atoms with E-state index < -0.39 is 20.0 Å². The monoisotopic (exact) mass is 446 g/mol. The molecule has 2 aromatic carbocycles. The first-order valence-corrected chi connectivity index (χ1v) is 11.4. The van der Waals surface area contributed by atoms with Crippen LogP contribution in [-0.4, -0.2) is 30.1 Å². The molecule has 0 heterocycles. The molecular weight excluding hydrogens is 428 g/mol. The lowest BCUT2D eigenvalue weighted by Gasteiger charge is -2.17. The van der Waals surface area contributed by atoms with Crippen LogP contribution in [-0.2, 0) is 26.6 Å². The van der Waals surface area contributed by atoms with Crippen molar-refractivity contribution in [3.8, 4) is 0 Å². The SMILES string of the molecule is Cc1ccc(Br)cc1S(=O)(=O)NCc1ccc(N(C)S(C)(=O)=O)cc1. The number of hydrogen-bond acceptors (Lipinski definition) is 4. The number of nitrogens with one attached hydrogen (secondary N) is 1. The first-order chi connectivity index (χ1) is 11.5. The second kappa shape index (κ2) is 7.45. The Morgan fingerprint density at radius 1 is 1.04 bits per heavy atom. The van der Waals surface area contributed by atoms with Crippen LogP contribution < -0.4 is 9.03 Å². The van der Waals surface area contributed by atoms with Gasteiger partial charge in [0, 0.05) is 18.1 Å². The van der Waals surface area contributed by atoms with Crippen molar-refractivity contribution in [2.45, 2.75) is 18.4 Å². The lowest BCUT2D eigenvalue weighted by Crippen LogP contribution is -2.25. The fourth-order valence-electron chi connectivity index (χ4n) is 2.13. The minimum Gasteiger partial charge on any atom is -0.274 e. The van der Waals surface area contributed by atoms with E-state index in [4.69, 9.17) is 0 Å². The van der Waals surface area contributed by atoms with E-state index in [0.717, 1.165) is 16.1 Å². The minimum absolute atomic E-state index is 0.108. The number of rotatable bonds is 6. The second-order valence-corrected chi connectivity index (χ2v) is 10.3. The van der Waals surface area contributed by atoms with Crippen LogP contribution in [0.4, 0.5) is 5.69 Å². The third-order valence-corrected chi connectivity index (χ3v) is 6.95. The van der Waals surface area contributed by atoms with Gasteiger partial charge in [-0.15, -0.1) is 0 Å². The number of aryl methyl sites for hydroxylation is 1. The largest absolute Gasteiger partial charge is 0.274 e. The molecule has 0 atom stereocenters. The van der Waals surface area contributed by atoms with E-state index in [9.17, 15) is 16.8 Å². The number of hydrogen-bond donors (Lipinski definition) is 1. The molecule has 2 rings (SSSR count). The number of halogens is 1. The lowest BCUT2D eigenvalue weighted by molar-refractivity contribution is 0.580. The standard InChI is InChI=1S/C16H19BrN2O4S2/c1-12-4-7-14(17)10-16(12)25(22,23)18-11-13-5-8-15(9-6-13)19(2)24(3,20)21/h4-10,18H,11H2,1-3H3. The summed E-state index contributed by atoms with van der Waals surface area (Å²) >= 11 is 3.28. The molecule has 136 valence electrons. The predicted octanol–water partition coefficient (Wildman–Crippen LogP) is 2.63. The highest BCUT2D eigenvalue weighted by atomic mass is 79.9. The van der Waals surface area contributed by atoms with E-state index in [1.807, 2.05) is 0 Å². The number of nitrogens with zero attached hydrogens (tertiary/aromatic N) is 1. The average Bonchev–Trinajstić information content (AvgIpc) is 2.54. The Balaban J connectivity index is 2.14. The Morgan fingerprint density at radius 3 is 2.20 bits per heavy atom. The van der Waals surface area contributed by atoms with E-state index in [-0.39, 0.29) is 11.4 Å². The third kappa shape index (κ3) is 5.04. The van der Waals surface area contributed by atoms with Gasteiger partial charge in [-0.2, -0.15) is 0 Å². The van der Waals surface area contributed by atoms with Crippen LogP contribution >= 0.6 is 15.9 Å². The molecule has 25 heavy (non-hydrogen) atoms. The molecule has 6 nitrogen and oxygen atoms in total. The van der Waals surface area contributed by atoms with Crippen molar-refractivity contribution in [2.24, 2.45) is 0 Å². The van der Waals surface area contributed by atoms with Crippen LogP contribution in [0.15, 0.2) is 51.8 Å². The van der Waals surface area contributed by atoms with E-state index in [1.165, 1.54) is 7.05 Å². The van der Waals surface area contributed by atoms with Gasteiger partial charge >= 0.3 is 0 Å². The van der Waals surface area contributed by atoms with Gasteiger partial charge in [0.15, 0.2) is 0 Å². The van der Waals surface area contributed by atoms with Crippen LogP contribution in [0.25, 0.3) is 0 Å². The fraction of sp³-hybridized carbons (Fsp3) is 0.250. The molecule has 0 spiro atoms. The number of anilines is 1. The molecule has 0 aliphatic rings. The summed E-state index contributed by atoms with van der Waals surface area (Å²) in [5, 5.41) is 0. The molecule has 0 bridgehead atoms. The highest BCUT2D eigenvalue weighted by molar-refractivity contribution is 9.10. The van der Waals surface area contributed by atoms with E-state index in [1.54, 1.807) is 49.4 Å². The molecule has 0 fully saturated rings. The van der Waals surface area contributed by atoms with Crippen LogP contribution in [0.1, 0.15) is 11.1 Å². The van der Waals surface area contributed by atoms with Crippen molar-refractivity contribution in [1.82, 2.24) is 4.72 Å². The Hall–Kier alpha value is -1.42. The van der Waals surface area contributed by atoms with Gasteiger partial charge in [-0.05, 0) is 42.3 Å². The molecule has 0 radical (unpaired) electrons. The van der Waals surface area contributed by atoms with Crippen molar-refractivity contribution in [3.05, 3.63) is 58.1 Å². The summed E-state index contributed by atoms with van der Waals surface area (Å²) < 4.78 is 52.4. The smallest absolute Gasteiger partial charge is 0.241 e. The summed E-state index contributed by atoms with van der Waals surface area (Å²) in [6, 6.07) is 11.7. The Bertz CT molecular complexity index is 972. The lowest BCUT2D eigenvalue weighted by atomic mass is 10.2. The summed E-state index contributed by atoms with van der Waals surface area (Å²) in [5.41, 5.74) is 1.89. The molecule has 0 amide bonds. The number of benzene rings is 2. The van der Waals surface area contributed by atoms with Crippen LogP contribution in [0, 0.1) is 6.92 Å². The fourth-order valence-corrected chi connectivity index (χ4v) is 4.44. The van der Waals surface area contributed by atoms with Gasteiger partial charge in [-0.3, -0.25) is 4.31 Å². The normalized spacial score (nSPS) is 12.2. The van der Waals surface area contributed by atoms with Crippen molar-refractivity contribution < 1.29 is 16.8 Å². The highest BCUT2D eigenvalue weighted by Gasteiger charge is 2.17. The summed E-state index contributed by atoms with van der Waals surface area (Å²) in [6.45, 7) is 1.84. The van der Waals surface area contributed by atoms with Gasteiger partial charge in [-0.1, -0.05) is 34.1 Å². The van der Waals surface area contributed by atoms with E-state index in [0.29, 0.717) is 15.7 Å². The molecule has 0 unspecified atom stereocenters. The van der Waals surface area contributed by atoms with E-state index >= 15 is 0 Å². The van der Waals surface area contributed by atoms with Crippen molar-refractivity contribution in [3.63, 3.8) is 0 Å². The maximum Gasteiger partial charge on any atom is 0.241 e. The van der Waals surface area contributed by atoms with Crippen LogP contribution in [0.3, 0.4) is 0 Å². The first-order valence-electron chi connectivity index (χ1n) is 7.29. The molecule has 0 aliphatic carbocycles. The zero-order chi connectivity index (χ0) is 18.8. The predicted molar refractivity (Wildman–Crippen MR) is 103 cm³/mol. The van der Waals surface area contributed by atoms with Gasteiger partial charge in [0.05, 0.1) is 16.8 Å². The average molecular weight is 447 g/mol. The highest BCUT2D eigenvalue weighted by Crippen LogP contribution is 2.21. The molecule has 2 aromatic rings. The topological polar surface area (TPSA) is 83.6 Å². The summed E-state index contributed by atoms with van der Waals surface area (Å²) in [7, 11) is -5.52. The van der Waals surface area contributed by atoms with Crippen molar-refractivity contribution in [1.29, 1.82) is 0 Å². The maximum atomic E-state index is 12.5. The molecule has 1 N–H and O–H groups in total. The maximum absolute atomic E-state index is 12.5. The number of sulfonamides is 2. The second-order valence-electron chi connectivity index (χ2n) is 5.63. The van der Waals surface area contributed by atoms with Gasteiger partial charge in [-0.25, -0.2) is 21.6 Å². The van der Waals surface area contributed by atoms with E-state index in [2.05, 4.69) is 20.7 Å². The molecule has 0 saturated heterocycles. The summed E-state index contributed by atoms with van der Waals surface area (Å²) in [5.74, 6) is 0. The Kier molecular flexibility index (Phi) is 5.93. The molecule has 0 aliphatic heterocycles. The zero-order valence-corrected chi connectivity index (χ0v) is 17.2. The summed E-state index contributed by atoms with van der Waals surface area (Å²) in [6.07, 6.45) is 1.12. The molecule has 0 aromatic heterocycles. The van der Waals surface area contributed by atoms with Gasteiger partial charge < -0.3 is 0 Å². The molecule has 9 heteroatoms. The van der Waals surface area contributed by atoms with Gasteiger partial charge in [0.2, 0.25) is 20.0 Å². The van der Waals surface area contributed by atoms with Gasteiger partial charge in [0.25, 0.3) is 0 Å². The Labute approximate surface area is 157 Å². The zero-order valence-electron chi connectivity index (χ0n) is 14.0. The first kappa shape index (κ1) is 19.9. The van der Waals surface area contributed by atoms with Crippen LogP contribution in [0.2, 0.25) is 0 Å². The minimum atomic E-state index is -3.65.